The van der Waals surface area contributed by atoms with E-state index in [1.165, 1.54) is 4.88 Å². The molecule has 1 atom stereocenters. The van der Waals surface area contributed by atoms with Crippen LogP contribution in [-0.4, -0.2) is 16.0 Å². The molecule has 0 saturated carbocycles. The van der Waals surface area contributed by atoms with Crippen LogP contribution in [0.25, 0.3) is 10.4 Å². The normalized spacial score (nSPS) is 12.5. The molecule has 2 aromatic carbocycles. The molecule has 0 unspecified atom stereocenters. The number of aromatic nitrogens is 2. The summed E-state index contributed by atoms with van der Waals surface area (Å²) in [5.41, 5.74) is 1.39. The number of thiophene rings is 1. The third-order valence-corrected chi connectivity index (χ3v) is 6.34. The van der Waals surface area contributed by atoms with E-state index in [-0.39, 0.29) is 17.1 Å². The highest BCUT2D eigenvalue weighted by molar-refractivity contribution is 7.13. The second kappa shape index (κ2) is 8.55. The van der Waals surface area contributed by atoms with Gasteiger partial charge in [-0.1, -0.05) is 39.0 Å². The standard InChI is InChI=1S/C24H25N5O2S/c1-14(24(2,3)4)26-19-20(22(31)21(19)30)28-18-11-12-25-23(29-18)27-16-9-7-15(8-10-16)17-6-5-13-32-17/h5-14,26H,1-4H3,(H2,25,27,28,29)/t14-/m1/s1. The van der Waals surface area contributed by atoms with E-state index in [1.54, 1.807) is 23.6 Å². The first-order valence-corrected chi connectivity index (χ1v) is 11.2. The molecule has 0 saturated heterocycles. The molecule has 7 nitrogen and oxygen atoms in total. The lowest BCUT2D eigenvalue weighted by Gasteiger charge is -2.30. The molecule has 3 N–H and O–H groups in total. The Morgan fingerprint density at radius 1 is 0.938 bits per heavy atom. The lowest BCUT2D eigenvalue weighted by Crippen LogP contribution is -2.41. The first-order chi connectivity index (χ1) is 15.2. The molecule has 32 heavy (non-hydrogen) atoms. The second-order valence-corrected chi connectivity index (χ2v) is 9.66. The van der Waals surface area contributed by atoms with Crippen molar-refractivity contribution in [1.82, 2.24) is 9.97 Å². The van der Waals surface area contributed by atoms with Crippen LogP contribution in [0.2, 0.25) is 0 Å². The molecule has 4 aromatic rings. The van der Waals surface area contributed by atoms with Crippen LogP contribution in [0.5, 0.6) is 0 Å². The Bertz CT molecular complexity index is 1280. The van der Waals surface area contributed by atoms with Crippen molar-refractivity contribution in [2.24, 2.45) is 5.41 Å². The molecule has 4 rings (SSSR count). The first-order valence-electron chi connectivity index (χ1n) is 10.3. The summed E-state index contributed by atoms with van der Waals surface area (Å²) in [5, 5.41) is 11.4. The Labute approximate surface area is 190 Å². The van der Waals surface area contributed by atoms with Crippen LogP contribution in [0.3, 0.4) is 0 Å². The third-order valence-electron chi connectivity index (χ3n) is 5.43. The number of hydrogen-bond acceptors (Lipinski definition) is 8. The summed E-state index contributed by atoms with van der Waals surface area (Å²) >= 11 is 1.69. The summed E-state index contributed by atoms with van der Waals surface area (Å²) in [6.07, 6.45) is 1.59. The molecule has 0 fully saturated rings. The minimum atomic E-state index is -0.550. The van der Waals surface area contributed by atoms with Gasteiger partial charge in [0.1, 0.15) is 17.2 Å². The maximum Gasteiger partial charge on any atom is 0.253 e. The molecular formula is C24H25N5O2S. The fraction of sp³-hybridized carbons (Fsp3) is 0.250. The highest BCUT2D eigenvalue weighted by atomic mass is 32.1. The zero-order valence-corrected chi connectivity index (χ0v) is 19.2. The van der Waals surface area contributed by atoms with Crippen molar-refractivity contribution in [3.8, 4) is 10.4 Å². The molecule has 0 aliphatic heterocycles. The summed E-state index contributed by atoms with van der Waals surface area (Å²) in [4.78, 5) is 34.1. The van der Waals surface area contributed by atoms with Gasteiger partial charge in [-0.05, 0) is 47.5 Å². The number of nitrogens with one attached hydrogen (secondary N) is 3. The van der Waals surface area contributed by atoms with Crippen molar-refractivity contribution in [3.05, 3.63) is 74.5 Å². The SMILES string of the molecule is C[C@@H](Nc1c(Nc2ccnc(Nc3ccc(-c4cccs4)cc3)n2)c(=O)c1=O)C(C)(C)C. The summed E-state index contributed by atoms with van der Waals surface area (Å²) in [5.74, 6) is 0.811. The topological polar surface area (TPSA) is 96.0 Å². The molecule has 0 amide bonds. The molecule has 2 heterocycles. The first kappa shape index (κ1) is 21.7. The number of rotatable bonds is 7. The Hall–Kier alpha value is -3.52. The van der Waals surface area contributed by atoms with Crippen LogP contribution in [-0.2, 0) is 0 Å². The van der Waals surface area contributed by atoms with Crippen molar-refractivity contribution in [2.45, 2.75) is 33.7 Å². The lowest BCUT2D eigenvalue weighted by molar-refractivity contribution is 0.359. The van der Waals surface area contributed by atoms with E-state index < -0.39 is 10.9 Å². The predicted octanol–water partition coefficient (Wildman–Crippen LogP) is 5.13. The van der Waals surface area contributed by atoms with Gasteiger partial charge in [0.25, 0.3) is 10.9 Å². The zero-order valence-electron chi connectivity index (χ0n) is 18.4. The molecule has 0 spiro atoms. The van der Waals surface area contributed by atoms with Crippen LogP contribution in [0, 0.1) is 5.41 Å². The van der Waals surface area contributed by atoms with Crippen molar-refractivity contribution < 1.29 is 0 Å². The van der Waals surface area contributed by atoms with Gasteiger partial charge < -0.3 is 16.0 Å². The van der Waals surface area contributed by atoms with Crippen molar-refractivity contribution >= 4 is 40.2 Å². The second-order valence-electron chi connectivity index (χ2n) is 8.71. The van der Waals surface area contributed by atoms with Gasteiger partial charge >= 0.3 is 0 Å². The van der Waals surface area contributed by atoms with Gasteiger partial charge in [-0.15, -0.1) is 11.3 Å². The van der Waals surface area contributed by atoms with Gasteiger partial charge in [0.15, 0.2) is 0 Å². The van der Waals surface area contributed by atoms with Gasteiger partial charge in [-0.2, -0.15) is 4.98 Å². The van der Waals surface area contributed by atoms with E-state index in [4.69, 9.17) is 0 Å². The Morgan fingerprint density at radius 2 is 1.66 bits per heavy atom. The maximum absolute atomic E-state index is 12.1. The monoisotopic (exact) mass is 447 g/mol. The predicted molar refractivity (Wildman–Crippen MR) is 132 cm³/mol. The molecule has 2 aromatic heterocycles. The molecule has 0 radical (unpaired) electrons. The van der Waals surface area contributed by atoms with Crippen LogP contribution >= 0.6 is 11.3 Å². The minimum absolute atomic E-state index is 0.00567. The van der Waals surface area contributed by atoms with E-state index >= 15 is 0 Å². The molecular weight excluding hydrogens is 422 g/mol. The Kier molecular flexibility index (Phi) is 5.80. The van der Waals surface area contributed by atoms with E-state index in [2.05, 4.69) is 58.1 Å². The highest BCUT2D eigenvalue weighted by Crippen LogP contribution is 2.28. The average molecular weight is 448 g/mol. The lowest BCUT2D eigenvalue weighted by atomic mass is 9.87. The van der Waals surface area contributed by atoms with Crippen LogP contribution in [0.4, 0.5) is 28.8 Å². The molecule has 8 heteroatoms. The highest BCUT2D eigenvalue weighted by Gasteiger charge is 2.27. The molecule has 164 valence electrons. The fourth-order valence-electron chi connectivity index (χ4n) is 2.99. The smallest absolute Gasteiger partial charge is 0.253 e. The van der Waals surface area contributed by atoms with Gasteiger partial charge in [-0.25, -0.2) is 4.98 Å². The number of benzene rings is 1. The summed E-state index contributed by atoms with van der Waals surface area (Å²) < 4.78 is 0. The molecule has 0 aliphatic carbocycles. The van der Waals surface area contributed by atoms with Crippen molar-refractivity contribution in [3.63, 3.8) is 0 Å². The minimum Gasteiger partial charge on any atom is -0.377 e. The van der Waals surface area contributed by atoms with E-state index in [9.17, 15) is 9.59 Å². The van der Waals surface area contributed by atoms with Gasteiger partial charge in [0.2, 0.25) is 5.95 Å². The van der Waals surface area contributed by atoms with Gasteiger partial charge in [0.05, 0.1) is 0 Å². The van der Waals surface area contributed by atoms with Gasteiger partial charge in [0, 0.05) is 22.8 Å². The fourth-order valence-corrected chi connectivity index (χ4v) is 3.72. The number of hydrogen-bond donors (Lipinski definition) is 3. The molecule has 0 aliphatic rings. The van der Waals surface area contributed by atoms with E-state index in [0.717, 1.165) is 11.3 Å². The maximum atomic E-state index is 12.1. The van der Waals surface area contributed by atoms with Gasteiger partial charge in [-0.3, -0.25) is 9.59 Å². The summed E-state index contributed by atoms with van der Waals surface area (Å²) in [7, 11) is 0. The van der Waals surface area contributed by atoms with Crippen molar-refractivity contribution in [2.75, 3.05) is 16.0 Å². The van der Waals surface area contributed by atoms with E-state index in [0.29, 0.717) is 17.5 Å². The average Bonchev–Trinajstić information content (AvgIpc) is 3.31. The third kappa shape index (κ3) is 4.55. The largest absolute Gasteiger partial charge is 0.377 e. The molecule has 0 bridgehead atoms. The van der Waals surface area contributed by atoms with Crippen molar-refractivity contribution in [1.29, 1.82) is 0 Å². The Morgan fingerprint density at radius 3 is 2.31 bits per heavy atom. The number of nitrogens with zero attached hydrogens (tertiary/aromatic N) is 2. The van der Waals surface area contributed by atoms with Crippen LogP contribution < -0.4 is 26.8 Å². The van der Waals surface area contributed by atoms with E-state index in [1.807, 2.05) is 37.3 Å². The van der Waals surface area contributed by atoms with Crippen LogP contribution in [0.1, 0.15) is 27.7 Å². The Balaban J connectivity index is 1.48. The summed E-state index contributed by atoms with van der Waals surface area (Å²) in [6, 6.07) is 13.8. The number of anilines is 5. The quantitative estimate of drug-likeness (QED) is 0.338. The van der Waals surface area contributed by atoms with Crippen LogP contribution in [0.15, 0.2) is 63.6 Å². The zero-order chi connectivity index (χ0) is 22.9. The summed E-state index contributed by atoms with van der Waals surface area (Å²) in [6.45, 7) is 8.19.